The number of fused-ring (bicyclic) bond motifs is 6. The first-order chi connectivity index (χ1) is 14.2. The van der Waals surface area contributed by atoms with Gasteiger partial charge in [0.15, 0.2) is 5.75 Å². The minimum absolute atomic E-state index is 0.283. The number of benzene rings is 3. The third-order valence-electron chi connectivity index (χ3n) is 6.08. The molecule has 0 unspecified atom stereocenters. The van der Waals surface area contributed by atoms with Crippen molar-refractivity contribution < 1.29 is 13.5 Å². The molecule has 0 saturated carbocycles. The Labute approximate surface area is 165 Å². The van der Waals surface area contributed by atoms with Crippen molar-refractivity contribution in [3.05, 3.63) is 48.0 Å². The predicted molar refractivity (Wildman–Crippen MR) is 113 cm³/mol. The molecule has 0 bridgehead atoms. The molecular weight excluding hydrogens is 372 g/mol. The molecule has 1 fully saturated rings. The zero-order valence-electron chi connectivity index (χ0n) is 15.9. The lowest BCUT2D eigenvalue weighted by Crippen LogP contribution is -2.18. The highest BCUT2D eigenvalue weighted by molar-refractivity contribution is 6.29. The second-order valence-corrected chi connectivity index (χ2v) is 7.71. The molecule has 0 spiro atoms. The van der Waals surface area contributed by atoms with Crippen LogP contribution < -0.4 is 9.64 Å². The summed E-state index contributed by atoms with van der Waals surface area (Å²) in [6.07, 6.45) is 2.20. The fourth-order valence-corrected chi connectivity index (χ4v) is 4.87. The fourth-order valence-electron chi connectivity index (χ4n) is 4.87. The zero-order valence-corrected chi connectivity index (χ0v) is 15.9. The van der Waals surface area contributed by atoms with Crippen molar-refractivity contribution in [1.82, 2.24) is 9.97 Å². The molecule has 0 aliphatic carbocycles. The molecule has 3 aromatic carbocycles. The molecule has 1 aliphatic rings. The number of nitrogens with one attached hydrogen (secondary N) is 2. The number of rotatable bonds is 2. The molecule has 0 radical (unpaired) electrons. The van der Waals surface area contributed by atoms with E-state index in [-0.39, 0.29) is 11.6 Å². The quantitative estimate of drug-likeness (QED) is 0.397. The summed E-state index contributed by atoms with van der Waals surface area (Å²) in [5.74, 6) is 0.0933. The van der Waals surface area contributed by atoms with Crippen molar-refractivity contribution in [2.24, 2.45) is 0 Å². The molecule has 2 N–H and O–H groups in total. The minimum atomic E-state index is -0.283. The van der Waals surface area contributed by atoms with Crippen LogP contribution in [0.1, 0.15) is 12.8 Å². The first kappa shape index (κ1) is 16.7. The van der Waals surface area contributed by atoms with Crippen molar-refractivity contribution >= 4 is 49.3 Å². The highest BCUT2D eigenvalue weighted by Gasteiger charge is 2.27. The van der Waals surface area contributed by atoms with Gasteiger partial charge in [0.25, 0.3) is 0 Å². The van der Waals surface area contributed by atoms with E-state index < -0.39 is 0 Å². The molecule has 1 aliphatic heterocycles. The fraction of sp³-hybridized carbons (Fsp3) is 0.217. The number of aromatic nitrogens is 2. The summed E-state index contributed by atoms with van der Waals surface area (Å²) in [5, 5.41) is 3.48. The van der Waals surface area contributed by atoms with Crippen LogP contribution in [0.3, 0.4) is 0 Å². The van der Waals surface area contributed by atoms with Crippen LogP contribution in [0.5, 0.6) is 5.75 Å². The van der Waals surface area contributed by atoms with E-state index in [1.54, 1.807) is 31.4 Å². The van der Waals surface area contributed by atoms with Crippen LogP contribution in [0, 0.1) is 11.6 Å². The van der Waals surface area contributed by atoms with E-state index in [1.807, 2.05) is 0 Å². The average molecular weight is 391 g/mol. The summed E-state index contributed by atoms with van der Waals surface area (Å²) in [4.78, 5) is 9.18. The van der Waals surface area contributed by atoms with Crippen molar-refractivity contribution in [3.63, 3.8) is 0 Å². The van der Waals surface area contributed by atoms with Crippen molar-refractivity contribution in [2.75, 3.05) is 25.1 Å². The average Bonchev–Trinajstić information content (AvgIpc) is 3.43. The lowest BCUT2D eigenvalue weighted by atomic mass is 10.0. The zero-order chi connectivity index (χ0) is 19.7. The Morgan fingerprint density at radius 3 is 1.83 bits per heavy atom. The molecule has 1 saturated heterocycles. The number of halogens is 2. The summed E-state index contributed by atoms with van der Waals surface area (Å²) in [6, 6.07) is 9.55. The van der Waals surface area contributed by atoms with Crippen LogP contribution >= 0.6 is 0 Å². The molecule has 29 heavy (non-hydrogen) atoms. The van der Waals surface area contributed by atoms with Gasteiger partial charge in [0.1, 0.15) is 11.6 Å². The number of H-pyrrole nitrogens is 2. The molecule has 6 heteroatoms. The third-order valence-corrected chi connectivity index (χ3v) is 6.08. The molecular formula is C23H19F2N3O. The highest BCUT2D eigenvalue weighted by atomic mass is 19.1. The van der Waals surface area contributed by atoms with Crippen molar-refractivity contribution in [3.8, 4) is 5.75 Å². The normalized spacial score (nSPS) is 14.8. The molecule has 5 aromatic rings. The van der Waals surface area contributed by atoms with Crippen LogP contribution in [-0.2, 0) is 0 Å². The second-order valence-electron chi connectivity index (χ2n) is 7.71. The number of ether oxygens (including phenoxy) is 1. The Kier molecular flexibility index (Phi) is 3.37. The molecule has 0 atom stereocenters. The monoisotopic (exact) mass is 391 g/mol. The topological polar surface area (TPSA) is 44.0 Å². The number of nitrogens with zero attached hydrogens (tertiary/aromatic N) is 1. The first-order valence-electron chi connectivity index (χ1n) is 9.82. The number of anilines is 1. The van der Waals surface area contributed by atoms with Crippen LogP contribution in [0.4, 0.5) is 14.5 Å². The summed E-state index contributed by atoms with van der Waals surface area (Å²) in [7, 11) is 1.63. The number of methoxy groups -OCH3 is 1. The van der Waals surface area contributed by atoms with Gasteiger partial charge in [-0.2, -0.15) is 0 Å². The Morgan fingerprint density at radius 2 is 1.34 bits per heavy atom. The number of hydrogen-bond acceptors (Lipinski definition) is 2. The van der Waals surface area contributed by atoms with Gasteiger partial charge in [0.2, 0.25) is 0 Å². The van der Waals surface area contributed by atoms with Crippen LogP contribution in [0.15, 0.2) is 36.4 Å². The first-order valence-corrected chi connectivity index (χ1v) is 9.82. The van der Waals surface area contributed by atoms with Gasteiger partial charge in [-0.1, -0.05) is 0 Å². The standard InChI is InChI=1S/C23H19F2N3O/c1-29-23-20-18(14-10-12(24)4-6-16(14)26-20)22(28-8-2-3-9-28)19-15-11-13(25)5-7-17(15)27-21(19)23/h4-7,10-11,26-27H,2-3,8-9H2,1H3. The van der Waals surface area contributed by atoms with Crippen LogP contribution in [0.2, 0.25) is 0 Å². The number of hydrogen-bond donors (Lipinski definition) is 2. The van der Waals surface area contributed by atoms with E-state index in [0.717, 1.165) is 75.2 Å². The minimum Gasteiger partial charge on any atom is -0.492 e. The summed E-state index contributed by atoms with van der Waals surface area (Å²) >= 11 is 0. The van der Waals surface area contributed by atoms with E-state index in [0.29, 0.717) is 5.75 Å². The summed E-state index contributed by atoms with van der Waals surface area (Å²) in [6.45, 7) is 1.83. The molecule has 6 rings (SSSR count). The van der Waals surface area contributed by atoms with Crippen LogP contribution in [-0.4, -0.2) is 30.2 Å². The van der Waals surface area contributed by atoms with Gasteiger partial charge in [-0.3, -0.25) is 0 Å². The Morgan fingerprint density at radius 1 is 0.828 bits per heavy atom. The lowest BCUT2D eigenvalue weighted by molar-refractivity contribution is 0.423. The van der Waals surface area contributed by atoms with Gasteiger partial charge in [-0.15, -0.1) is 0 Å². The van der Waals surface area contributed by atoms with Crippen LogP contribution in [0.25, 0.3) is 43.6 Å². The van der Waals surface area contributed by atoms with Gasteiger partial charge in [-0.25, -0.2) is 8.78 Å². The molecule has 2 aromatic heterocycles. The summed E-state index contributed by atoms with van der Waals surface area (Å²) < 4.78 is 34.2. The molecule has 146 valence electrons. The predicted octanol–water partition coefficient (Wildman–Crippen LogP) is 5.84. The van der Waals surface area contributed by atoms with E-state index in [9.17, 15) is 8.78 Å². The molecule has 0 amide bonds. The van der Waals surface area contributed by atoms with Crippen molar-refractivity contribution in [2.45, 2.75) is 12.8 Å². The maximum Gasteiger partial charge on any atom is 0.167 e. The largest absolute Gasteiger partial charge is 0.492 e. The Balaban J connectivity index is 1.92. The van der Waals surface area contributed by atoms with Gasteiger partial charge in [0.05, 0.1) is 23.8 Å². The number of aromatic amines is 2. The molecule has 4 nitrogen and oxygen atoms in total. The van der Waals surface area contributed by atoms with E-state index in [2.05, 4.69) is 14.9 Å². The van der Waals surface area contributed by atoms with Gasteiger partial charge in [0, 0.05) is 45.7 Å². The lowest BCUT2D eigenvalue weighted by Gasteiger charge is -2.22. The van der Waals surface area contributed by atoms with E-state index >= 15 is 0 Å². The van der Waals surface area contributed by atoms with E-state index in [4.69, 9.17) is 4.74 Å². The maximum atomic E-state index is 14.2. The summed E-state index contributed by atoms with van der Waals surface area (Å²) in [5.41, 5.74) is 4.37. The van der Waals surface area contributed by atoms with E-state index in [1.165, 1.54) is 12.1 Å². The SMILES string of the molecule is COc1c2[nH]c3ccc(F)cc3c2c(N2CCCC2)c2c1[nH]c1ccc(F)cc12. The van der Waals surface area contributed by atoms with Gasteiger partial charge >= 0.3 is 0 Å². The van der Waals surface area contributed by atoms with Crippen molar-refractivity contribution in [1.29, 1.82) is 0 Å². The van der Waals surface area contributed by atoms with Gasteiger partial charge < -0.3 is 19.6 Å². The second kappa shape index (κ2) is 5.86. The van der Waals surface area contributed by atoms with Gasteiger partial charge in [-0.05, 0) is 49.2 Å². The molecule has 3 heterocycles. The smallest absolute Gasteiger partial charge is 0.167 e. The highest BCUT2D eigenvalue weighted by Crippen LogP contribution is 2.48. The Bertz CT molecular complexity index is 1330. The maximum absolute atomic E-state index is 14.2. The third kappa shape index (κ3) is 2.23. The Hall–Kier alpha value is -3.28.